The van der Waals surface area contributed by atoms with Gasteiger partial charge in [0.15, 0.2) is 0 Å². The summed E-state index contributed by atoms with van der Waals surface area (Å²) >= 11 is 3.23. The van der Waals surface area contributed by atoms with E-state index in [9.17, 15) is 4.79 Å². The lowest BCUT2D eigenvalue weighted by Gasteiger charge is -2.16. The molecule has 0 aromatic carbocycles. The maximum Gasteiger partial charge on any atom is 0.320 e. The molecule has 0 unspecified atom stereocenters. The van der Waals surface area contributed by atoms with E-state index in [1.165, 1.54) is 0 Å². The molecule has 2 heterocycles. The van der Waals surface area contributed by atoms with Gasteiger partial charge in [0.1, 0.15) is 11.0 Å². The normalized spacial score (nSPS) is 12.8. The van der Waals surface area contributed by atoms with Crippen molar-refractivity contribution < 1.29 is 9.90 Å². The summed E-state index contributed by atoms with van der Waals surface area (Å²) in [6, 6.07) is 1.50. The second kappa shape index (κ2) is 6.27. The van der Waals surface area contributed by atoms with Crippen LogP contribution in [-0.4, -0.2) is 22.1 Å². The molecule has 0 saturated carbocycles. The van der Waals surface area contributed by atoms with Crippen molar-refractivity contribution in [3.8, 4) is 10.6 Å². The van der Waals surface area contributed by atoms with Crippen LogP contribution in [0.5, 0.6) is 0 Å². The largest absolute Gasteiger partial charge is 0.480 e. The van der Waals surface area contributed by atoms with Crippen molar-refractivity contribution in [2.45, 2.75) is 26.4 Å². The first-order chi connectivity index (χ1) is 9.08. The van der Waals surface area contributed by atoms with E-state index >= 15 is 0 Å². The third kappa shape index (κ3) is 3.62. The van der Waals surface area contributed by atoms with Crippen LogP contribution in [0.15, 0.2) is 22.2 Å². The minimum absolute atomic E-state index is 0.0486. The topological polar surface area (TPSA) is 62.2 Å². The first-order valence-electron chi connectivity index (χ1n) is 6.01. The second-order valence-corrected chi connectivity index (χ2v) is 6.23. The zero-order valence-electron chi connectivity index (χ0n) is 10.8. The maximum atomic E-state index is 11.1. The van der Waals surface area contributed by atoms with Crippen molar-refractivity contribution in [1.82, 2.24) is 10.3 Å². The van der Waals surface area contributed by atoms with Crippen molar-refractivity contribution in [2.24, 2.45) is 5.92 Å². The molecule has 0 radical (unpaired) electrons. The van der Waals surface area contributed by atoms with E-state index in [-0.39, 0.29) is 5.92 Å². The van der Waals surface area contributed by atoms with Crippen LogP contribution in [0.1, 0.15) is 19.5 Å². The molecular weight excluding hydrogens is 280 g/mol. The Morgan fingerprint density at radius 2 is 2.26 bits per heavy atom. The Morgan fingerprint density at radius 3 is 2.84 bits per heavy atom. The first-order valence-corrected chi connectivity index (χ1v) is 7.83. The summed E-state index contributed by atoms with van der Waals surface area (Å²) in [5.74, 6) is -0.768. The van der Waals surface area contributed by atoms with Crippen LogP contribution in [0, 0.1) is 5.92 Å². The maximum absolute atomic E-state index is 11.1. The van der Waals surface area contributed by atoms with E-state index < -0.39 is 12.0 Å². The van der Waals surface area contributed by atoms with Gasteiger partial charge < -0.3 is 5.11 Å². The van der Waals surface area contributed by atoms with E-state index in [1.54, 1.807) is 22.7 Å². The molecule has 19 heavy (non-hydrogen) atoms. The third-order valence-corrected chi connectivity index (χ3v) is 4.38. The number of thiazole rings is 1. The van der Waals surface area contributed by atoms with Crippen LogP contribution in [-0.2, 0) is 11.3 Å². The molecule has 1 atom stereocenters. The second-order valence-electron chi connectivity index (χ2n) is 4.60. The van der Waals surface area contributed by atoms with Gasteiger partial charge in [0.25, 0.3) is 0 Å². The Balaban J connectivity index is 1.99. The summed E-state index contributed by atoms with van der Waals surface area (Å²) < 4.78 is 0. The fourth-order valence-electron chi connectivity index (χ4n) is 1.73. The highest BCUT2D eigenvalue weighted by Crippen LogP contribution is 2.25. The van der Waals surface area contributed by atoms with Crippen LogP contribution in [0.2, 0.25) is 0 Å². The number of thiophene rings is 1. The molecule has 0 fully saturated rings. The molecule has 102 valence electrons. The van der Waals surface area contributed by atoms with Gasteiger partial charge in [-0.2, -0.15) is 11.3 Å². The summed E-state index contributed by atoms with van der Waals surface area (Å²) in [5, 5.41) is 19.2. The minimum atomic E-state index is -0.816. The average molecular weight is 296 g/mol. The minimum Gasteiger partial charge on any atom is -0.480 e. The van der Waals surface area contributed by atoms with Crippen LogP contribution >= 0.6 is 22.7 Å². The number of carboxylic acids is 1. The Bertz CT molecular complexity index is 535. The Hall–Kier alpha value is -1.24. The molecule has 2 N–H and O–H groups in total. The average Bonchev–Trinajstić information content (AvgIpc) is 2.98. The standard InChI is InChI=1S/C13H16N2O2S2/c1-8(2)11(13(16)17)14-5-10-7-19-12(15-10)9-3-4-18-6-9/h3-4,6-8,11,14H,5H2,1-2H3,(H,16,17)/t11-/m0/s1. The highest BCUT2D eigenvalue weighted by molar-refractivity contribution is 7.14. The van der Waals surface area contributed by atoms with Crippen LogP contribution < -0.4 is 5.32 Å². The molecule has 2 aromatic rings. The SMILES string of the molecule is CC(C)[C@H](NCc1csc(-c2ccsc2)n1)C(=O)O. The van der Waals surface area contributed by atoms with E-state index in [4.69, 9.17) is 5.11 Å². The molecular formula is C13H16N2O2S2. The van der Waals surface area contributed by atoms with Crippen molar-refractivity contribution in [3.05, 3.63) is 27.9 Å². The quantitative estimate of drug-likeness (QED) is 0.860. The van der Waals surface area contributed by atoms with Crippen molar-refractivity contribution in [2.75, 3.05) is 0 Å². The van der Waals surface area contributed by atoms with Crippen LogP contribution in [0.25, 0.3) is 10.6 Å². The van der Waals surface area contributed by atoms with E-state index in [0.29, 0.717) is 6.54 Å². The van der Waals surface area contributed by atoms with Gasteiger partial charge >= 0.3 is 5.97 Å². The predicted molar refractivity (Wildman–Crippen MR) is 78.5 cm³/mol. The number of aliphatic carboxylic acids is 1. The Morgan fingerprint density at radius 1 is 1.47 bits per heavy atom. The summed E-state index contributed by atoms with van der Waals surface area (Å²) in [6.45, 7) is 4.27. The van der Waals surface area contributed by atoms with Gasteiger partial charge in [-0.05, 0) is 17.4 Å². The number of nitrogens with one attached hydrogen (secondary N) is 1. The lowest BCUT2D eigenvalue weighted by molar-refractivity contribution is -0.140. The molecule has 0 amide bonds. The highest BCUT2D eigenvalue weighted by Gasteiger charge is 2.20. The summed E-state index contributed by atoms with van der Waals surface area (Å²) in [5.41, 5.74) is 2.01. The zero-order chi connectivity index (χ0) is 13.8. The molecule has 0 aliphatic carbocycles. The van der Waals surface area contributed by atoms with Gasteiger partial charge in [-0.15, -0.1) is 11.3 Å². The molecule has 0 saturated heterocycles. The summed E-state index contributed by atoms with van der Waals surface area (Å²) in [4.78, 5) is 15.6. The van der Waals surface area contributed by atoms with Gasteiger partial charge in [0, 0.05) is 22.9 Å². The van der Waals surface area contributed by atoms with Crippen molar-refractivity contribution in [1.29, 1.82) is 0 Å². The Labute approximate surface area is 120 Å². The first kappa shape index (κ1) is 14.2. The summed E-state index contributed by atoms with van der Waals surface area (Å²) in [7, 11) is 0. The molecule has 2 rings (SSSR count). The molecule has 4 nitrogen and oxygen atoms in total. The van der Waals surface area contributed by atoms with Gasteiger partial charge in [-0.3, -0.25) is 10.1 Å². The fraction of sp³-hybridized carbons (Fsp3) is 0.385. The van der Waals surface area contributed by atoms with E-state index in [1.807, 2.05) is 30.7 Å². The third-order valence-electron chi connectivity index (χ3n) is 2.76. The van der Waals surface area contributed by atoms with Crippen molar-refractivity contribution >= 4 is 28.6 Å². The lowest BCUT2D eigenvalue weighted by atomic mass is 10.1. The van der Waals surface area contributed by atoms with E-state index in [0.717, 1.165) is 16.3 Å². The number of nitrogens with zero attached hydrogens (tertiary/aromatic N) is 1. The number of carboxylic acid groups (broad SMARTS) is 1. The molecule has 6 heteroatoms. The van der Waals surface area contributed by atoms with Gasteiger partial charge in [0.05, 0.1) is 5.69 Å². The number of aromatic nitrogens is 1. The number of rotatable bonds is 6. The molecule has 0 aliphatic rings. The van der Waals surface area contributed by atoms with Gasteiger partial charge in [0.2, 0.25) is 0 Å². The van der Waals surface area contributed by atoms with Crippen molar-refractivity contribution in [3.63, 3.8) is 0 Å². The fourth-order valence-corrected chi connectivity index (χ4v) is 3.26. The zero-order valence-corrected chi connectivity index (χ0v) is 12.4. The number of hydrogen-bond acceptors (Lipinski definition) is 5. The monoisotopic (exact) mass is 296 g/mol. The molecule has 2 aromatic heterocycles. The predicted octanol–water partition coefficient (Wildman–Crippen LogP) is 3.07. The number of carbonyl (C=O) groups is 1. The molecule has 0 aliphatic heterocycles. The molecule has 0 spiro atoms. The lowest BCUT2D eigenvalue weighted by Crippen LogP contribution is -2.40. The number of hydrogen-bond donors (Lipinski definition) is 2. The highest BCUT2D eigenvalue weighted by atomic mass is 32.1. The Kier molecular flexibility index (Phi) is 4.68. The van der Waals surface area contributed by atoms with Gasteiger partial charge in [-0.25, -0.2) is 4.98 Å². The van der Waals surface area contributed by atoms with E-state index in [2.05, 4.69) is 15.7 Å². The van der Waals surface area contributed by atoms with Crippen LogP contribution in [0.3, 0.4) is 0 Å². The van der Waals surface area contributed by atoms with Gasteiger partial charge in [-0.1, -0.05) is 13.8 Å². The smallest absolute Gasteiger partial charge is 0.320 e. The molecule has 0 bridgehead atoms. The van der Waals surface area contributed by atoms with Crippen LogP contribution in [0.4, 0.5) is 0 Å². The summed E-state index contributed by atoms with van der Waals surface area (Å²) in [6.07, 6.45) is 0.